The van der Waals surface area contributed by atoms with E-state index in [2.05, 4.69) is 9.97 Å². The Morgan fingerprint density at radius 2 is 2.05 bits per heavy atom. The number of nitrogens with zero attached hydrogens (tertiary/aromatic N) is 3. The zero-order chi connectivity index (χ0) is 15.7. The van der Waals surface area contributed by atoms with E-state index >= 15 is 0 Å². The van der Waals surface area contributed by atoms with Gasteiger partial charge in [0.05, 0.1) is 16.1 Å². The Bertz CT molecular complexity index is 874. The molecule has 0 radical (unpaired) electrons. The molecule has 2 aromatic carbocycles. The number of benzene rings is 2. The molecule has 8 nitrogen and oxygen atoms in total. The highest BCUT2D eigenvalue weighted by Crippen LogP contribution is 2.28. The average molecular weight is 297 g/mol. The van der Waals surface area contributed by atoms with E-state index in [9.17, 15) is 14.9 Å². The number of hydrogen-bond donors (Lipinski definition) is 2. The van der Waals surface area contributed by atoms with Crippen LogP contribution >= 0.6 is 0 Å². The van der Waals surface area contributed by atoms with E-state index in [-0.39, 0.29) is 5.69 Å². The highest BCUT2D eigenvalue weighted by atomic mass is 16.6. The number of H-pyrrole nitrogens is 1. The number of nitrogens with one attached hydrogen (secondary N) is 1. The molecule has 0 fully saturated rings. The third kappa shape index (κ3) is 2.27. The molecule has 0 saturated carbocycles. The molecule has 0 aliphatic heterocycles. The van der Waals surface area contributed by atoms with Gasteiger partial charge in [0.2, 0.25) is 6.41 Å². The van der Waals surface area contributed by atoms with Crippen molar-refractivity contribution < 1.29 is 9.72 Å². The van der Waals surface area contributed by atoms with E-state index in [1.807, 2.05) is 0 Å². The molecule has 0 aliphatic carbocycles. The third-order valence-corrected chi connectivity index (χ3v) is 3.21. The first-order valence-electron chi connectivity index (χ1n) is 6.33. The summed E-state index contributed by atoms with van der Waals surface area (Å²) in [4.78, 5) is 28.7. The Morgan fingerprint density at radius 1 is 1.27 bits per heavy atom. The number of nitro benzene ring substituents is 1. The van der Waals surface area contributed by atoms with Crippen molar-refractivity contribution in [1.82, 2.24) is 9.97 Å². The summed E-state index contributed by atoms with van der Waals surface area (Å²) >= 11 is 0. The standard InChI is InChI=1S/C14H11N5O3/c15-18(8-20)12-6-2-5-11-13(12)17-14(16-11)9-3-1-4-10(7-9)19(21)22/h1-8H,15H2,(H,16,17). The largest absolute Gasteiger partial charge is 0.338 e. The second-order valence-electron chi connectivity index (χ2n) is 4.58. The Morgan fingerprint density at radius 3 is 2.77 bits per heavy atom. The topological polar surface area (TPSA) is 118 Å². The summed E-state index contributed by atoms with van der Waals surface area (Å²) in [5.41, 5.74) is 2.19. The number of rotatable bonds is 4. The monoisotopic (exact) mass is 297 g/mol. The predicted octanol–water partition coefficient (Wildman–Crippen LogP) is 1.97. The van der Waals surface area contributed by atoms with E-state index in [0.717, 1.165) is 5.01 Å². The molecule has 22 heavy (non-hydrogen) atoms. The molecule has 1 amide bonds. The quantitative estimate of drug-likeness (QED) is 0.251. The van der Waals surface area contributed by atoms with E-state index in [4.69, 9.17) is 5.84 Å². The lowest BCUT2D eigenvalue weighted by atomic mass is 10.2. The van der Waals surface area contributed by atoms with Gasteiger partial charge in [-0.15, -0.1) is 0 Å². The van der Waals surface area contributed by atoms with E-state index < -0.39 is 4.92 Å². The van der Waals surface area contributed by atoms with Crippen LogP contribution in [0.3, 0.4) is 0 Å². The van der Waals surface area contributed by atoms with Gasteiger partial charge in [0.25, 0.3) is 5.69 Å². The van der Waals surface area contributed by atoms with E-state index in [1.54, 1.807) is 30.3 Å². The van der Waals surface area contributed by atoms with Crippen LogP contribution in [0.25, 0.3) is 22.4 Å². The highest BCUT2D eigenvalue weighted by molar-refractivity contribution is 5.95. The maximum atomic E-state index is 10.9. The minimum absolute atomic E-state index is 0.0217. The number of imidazole rings is 1. The van der Waals surface area contributed by atoms with Crippen molar-refractivity contribution in [3.8, 4) is 11.4 Å². The highest BCUT2D eigenvalue weighted by Gasteiger charge is 2.13. The normalized spacial score (nSPS) is 10.6. The number of nitrogens with two attached hydrogens (primary N) is 1. The zero-order valence-electron chi connectivity index (χ0n) is 11.3. The van der Waals surface area contributed by atoms with Crippen molar-refractivity contribution in [2.75, 3.05) is 5.01 Å². The number of para-hydroxylation sites is 1. The third-order valence-electron chi connectivity index (χ3n) is 3.21. The number of anilines is 1. The second kappa shape index (κ2) is 5.26. The maximum Gasteiger partial charge on any atom is 0.270 e. The summed E-state index contributed by atoms with van der Waals surface area (Å²) in [5.74, 6) is 6.06. The van der Waals surface area contributed by atoms with Crippen LogP contribution in [0.4, 0.5) is 11.4 Å². The molecule has 0 unspecified atom stereocenters. The second-order valence-corrected chi connectivity index (χ2v) is 4.58. The van der Waals surface area contributed by atoms with Crippen molar-refractivity contribution in [2.45, 2.75) is 0 Å². The van der Waals surface area contributed by atoms with Gasteiger partial charge in [0, 0.05) is 17.7 Å². The summed E-state index contributed by atoms with van der Waals surface area (Å²) in [5, 5.41) is 11.8. The lowest BCUT2D eigenvalue weighted by Crippen LogP contribution is -2.28. The van der Waals surface area contributed by atoms with Crippen molar-refractivity contribution in [3.63, 3.8) is 0 Å². The van der Waals surface area contributed by atoms with Crippen LogP contribution in [-0.2, 0) is 4.79 Å². The van der Waals surface area contributed by atoms with Crippen LogP contribution in [0.2, 0.25) is 0 Å². The summed E-state index contributed by atoms with van der Waals surface area (Å²) in [6.07, 6.45) is 0.483. The fraction of sp³-hybridized carbons (Fsp3) is 0. The Labute approximate surface area is 124 Å². The number of carbonyl (C=O) groups is 1. The van der Waals surface area contributed by atoms with Gasteiger partial charge < -0.3 is 4.98 Å². The van der Waals surface area contributed by atoms with Crippen LogP contribution in [0.1, 0.15) is 0 Å². The number of hydrazine groups is 1. The molecule has 3 aromatic rings. The number of aromatic nitrogens is 2. The first-order chi connectivity index (χ1) is 10.6. The summed E-state index contributed by atoms with van der Waals surface area (Å²) in [6.45, 7) is 0. The van der Waals surface area contributed by atoms with Crippen molar-refractivity contribution >= 4 is 28.8 Å². The molecular weight excluding hydrogens is 286 g/mol. The minimum atomic E-state index is -0.467. The summed E-state index contributed by atoms with van der Waals surface area (Å²) in [7, 11) is 0. The van der Waals surface area contributed by atoms with Crippen molar-refractivity contribution in [2.24, 2.45) is 5.84 Å². The van der Waals surface area contributed by atoms with E-state index in [0.29, 0.717) is 34.5 Å². The predicted molar refractivity (Wildman–Crippen MR) is 80.9 cm³/mol. The number of hydrogen-bond acceptors (Lipinski definition) is 5. The SMILES string of the molecule is NN(C=O)c1cccc2[nH]c(-c3cccc([N+](=O)[O-])c3)nc12. The molecule has 3 N–H and O–H groups in total. The molecule has 110 valence electrons. The zero-order valence-corrected chi connectivity index (χ0v) is 11.3. The minimum Gasteiger partial charge on any atom is -0.338 e. The number of nitro groups is 1. The molecule has 1 heterocycles. The van der Waals surface area contributed by atoms with Crippen LogP contribution in [0.15, 0.2) is 42.5 Å². The molecule has 3 rings (SSSR count). The first-order valence-corrected chi connectivity index (χ1v) is 6.33. The average Bonchev–Trinajstić information content (AvgIpc) is 2.98. The molecule has 0 bridgehead atoms. The maximum absolute atomic E-state index is 10.9. The van der Waals surface area contributed by atoms with Crippen LogP contribution < -0.4 is 10.9 Å². The smallest absolute Gasteiger partial charge is 0.270 e. The van der Waals surface area contributed by atoms with E-state index in [1.165, 1.54) is 12.1 Å². The van der Waals surface area contributed by atoms with Crippen LogP contribution in [0.5, 0.6) is 0 Å². The lowest BCUT2D eigenvalue weighted by molar-refractivity contribution is -0.384. The van der Waals surface area contributed by atoms with Gasteiger partial charge in [0.1, 0.15) is 11.3 Å². The first kappa shape index (κ1) is 13.7. The fourth-order valence-electron chi connectivity index (χ4n) is 2.19. The summed E-state index contributed by atoms with van der Waals surface area (Å²) < 4.78 is 0. The molecule has 0 atom stereocenters. The molecular formula is C14H11N5O3. The Hall–Kier alpha value is -3.26. The molecule has 0 aliphatic rings. The fourth-order valence-corrected chi connectivity index (χ4v) is 2.19. The molecule has 0 spiro atoms. The van der Waals surface area contributed by atoms with Gasteiger partial charge in [-0.3, -0.25) is 14.9 Å². The van der Waals surface area contributed by atoms with Crippen LogP contribution in [-0.4, -0.2) is 21.3 Å². The number of fused-ring (bicyclic) bond motifs is 1. The van der Waals surface area contributed by atoms with Gasteiger partial charge in [0.15, 0.2) is 0 Å². The van der Waals surface area contributed by atoms with Gasteiger partial charge in [-0.05, 0) is 12.1 Å². The van der Waals surface area contributed by atoms with Crippen molar-refractivity contribution in [3.05, 3.63) is 52.6 Å². The van der Waals surface area contributed by atoms with Gasteiger partial charge in [-0.2, -0.15) is 0 Å². The van der Waals surface area contributed by atoms with Gasteiger partial charge in [-0.25, -0.2) is 15.8 Å². The van der Waals surface area contributed by atoms with Crippen LogP contribution in [0, 0.1) is 10.1 Å². The van der Waals surface area contributed by atoms with Crippen molar-refractivity contribution in [1.29, 1.82) is 0 Å². The number of amides is 1. The van der Waals surface area contributed by atoms with Gasteiger partial charge in [-0.1, -0.05) is 18.2 Å². The molecule has 8 heteroatoms. The van der Waals surface area contributed by atoms with Gasteiger partial charge >= 0.3 is 0 Å². The lowest BCUT2D eigenvalue weighted by Gasteiger charge is -2.09. The number of aromatic amines is 1. The Balaban J connectivity index is 2.15. The number of non-ortho nitro benzene ring substituents is 1. The molecule has 0 saturated heterocycles. The molecule has 1 aromatic heterocycles. The Kier molecular flexibility index (Phi) is 3.28. The summed E-state index contributed by atoms with van der Waals surface area (Å²) in [6, 6.07) is 11.3. The number of carbonyl (C=O) groups excluding carboxylic acids is 1.